The van der Waals surface area contributed by atoms with Crippen molar-refractivity contribution in [2.45, 2.75) is 24.5 Å². The molecular formula is C13H19N5O10P2. The molecule has 2 aromatic rings. The van der Waals surface area contributed by atoms with E-state index in [1.54, 1.807) is 0 Å². The van der Waals surface area contributed by atoms with Crippen LogP contribution in [0.15, 0.2) is 25.3 Å². The largest absolute Gasteiger partial charge is 0.481 e. The third-order valence-corrected chi connectivity index (χ3v) is 6.14. The lowest BCUT2D eigenvalue weighted by Gasteiger charge is -2.21. The second kappa shape index (κ2) is 8.77. The molecule has 0 saturated carbocycles. The van der Waals surface area contributed by atoms with Crippen LogP contribution >= 0.6 is 15.6 Å². The van der Waals surface area contributed by atoms with Gasteiger partial charge in [0, 0.05) is 0 Å². The molecule has 15 nitrogen and oxygen atoms in total. The van der Waals surface area contributed by atoms with Crippen LogP contribution in [0.3, 0.4) is 0 Å². The number of imidazole rings is 1. The van der Waals surface area contributed by atoms with Crippen LogP contribution < -0.4 is 5.73 Å². The Morgan fingerprint density at radius 2 is 2.03 bits per heavy atom. The Morgan fingerprint density at radius 3 is 2.70 bits per heavy atom. The number of aromatic nitrogens is 4. The Balaban J connectivity index is 1.83. The molecule has 30 heavy (non-hydrogen) atoms. The van der Waals surface area contributed by atoms with Gasteiger partial charge in [-0.3, -0.25) is 9.09 Å². The quantitative estimate of drug-likeness (QED) is 0.231. The molecule has 5 atom stereocenters. The molecule has 6 N–H and O–H groups in total. The Kier molecular flexibility index (Phi) is 6.69. The van der Waals surface area contributed by atoms with E-state index >= 15 is 0 Å². The highest BCUT2D eigenvalue weighted by atomic mass is 31.3. The summed E-state index contributed by atoms with van der Waals surface area (Å²) in [6, 6.07) is 0. The van der Waals surface area contributed by atoms with Crippen LogP contribution in [0.1, 0.15) is 6.23 Å². The SMILES string of the molecule is C=CCO[C@H]1[C@H](O)[C@@H](COP(=O)(O)OP(=O)(O)O)O[C@H]1n1cnc2c(N)ncnc21. The highest BCUT2D eigenvalue weighted by Gasteiger charge is 2.47. The molecule has 1 fully saturated rings. The first kappa shape index (κ1) is 22.9. The first-order chi connectivity index (χ1) is 14.0. The van der Waals surface area contributed by atoms with Crippen LogP contribution in [0.25, 0.3) is 11.2 Å². The first-order valence-corrected chi connectivity index (χ1v) is 11.3. The van der Waals surface area contributed by atoms with Gasteiger partial charge in [-0.1, -0.05) is 6.08 Å². The van der Waals surface area contributed by atoms with Crippen molar-refractivity contribution in [2.75, 3.05) is 18.9 Å². The predicted molar refractivity (Wildman–Crippen MR) is 98.5 cm³/mol. The summed E-state index contributed by atoms with van der Waals surface area (Å²) >= 11 is 0. The minimum Gasteiger partial charge on any atom is -0.387 e. The monoisotopic (exact) mass is 467 g/mol. The van der Waals surface area contributed by atoms with Gasteiger partial charge in [-0.2, -0.15) is 4.31 Å². The minimum absolute atomic E-state index is 0.0404. The van der Waals surface area contributed by atoms with Crippen molar-refractivity contribution in [2.24, 2.45) is 0 Å². The summed E-state index contributed by atoms with van der Waals surface area (Å²) in [4.78, 5) is 38.8. The minimum atomic E-state index is -5.29. The lowest BCUT2D eigenvalue weighted by atomic mass is 10.1. The molecule has 3 rings (SSSR count). The van der Waals surface area contributed by atoms with Gasteiger partial charge in [0.25, 0.3) is 0 Å². The zero-order valence-electron chi connectivity index (χ0n) is 15.2. The molecule has 0 amide bonds. The van der Waals surface area contributed by atoms with Crippen LogP contribution in [-0.2, 0) is 27.4 Å². The maximum Gasteiger partial charge on any atom is 0.481 e. The van der Waals surface area contributed by atoms with Crippen molar-refractivity contribution in [1.29, 1.82) is 0 Å². The number of aliphatic hydroxyl groups is 1. The molecule has 0 bridgehead atoms. The van der Waals surface area contributed by atoms with E-state index in [4.69, 9.17) is 25.0 Å². The average Bonchev–Trinajstić information content (AvgIpc) is 3.18. The number of rotatable bonds is 9. The lowest BCUT2D eigenvalue weighted by Crippen LogP contribution is -2.36. The maximum absolute atomic E-state index is 11.7. The summed E-state index contributed by atoms with van der Waals surface area (Å²) in [7, 11) is -10.4. The van der Waals surface area contributed by atoms with Crippen molar-refractivity contribution in [3.8, 4) is 0 Å². The molecule has 3 heterocycles. The van der Waals surface area contributed by atoms with Crippen molar-refractivity contribution in [3.05, 3.63) is 25.3 Å². The standard InChI is InChI=1S/C13H19N5O10P2/c1-2-3-25-10-9(19)7(4-26-30(23,24)28-29(20,21)22)27-13(10)18-6-17-8-11(14)15-5-16-12(8)18/h2,5-7,9-10,13,19H,1,3-4H2,(H,23,24)(H2,14,15,16)(H2,20,21,22)/t7-,9-,10+,13-/m1/s1. The summed E-state index contributed by atoms with van der Waals surface area (Å²) < 4.78 is 43.4. The zero-order chi connectivity index (χ0) is 22.1. The second-order valence-electron chi connectivity index (χ2n) is 6.06. The fourth-order valence-electron chi connectivity index (χ4n) is 2.82. The highest BCUT2D eigenvalue weighted by Crippen LogP contribution is 2.57. The normalized spacial score (nSPS) is 26.7. The molecule has 1 saturated heterocycles. The van der Waals surface area contributed by atoms with E-state index in [2.05, 4.69) is 30.4 Å². The van der Waals surface area contributed by atoms with Crippen molar-refractivity contribution in [1.82, 2.24) is 19.5 Å². The number of ether oxygens (including phenoxy) is 2. The number of nitrogens with two attached hydrogens (primary N) is 1. The Morgan fingerprint density at radius 1 is 1.30 bits per heavy atom. The van der Waals surface area contributed by atoms with Gasteiger partial charge in [0.2, 0.25) is 0 Å². The number of fused-ring (bicyclic) bond motifs is 1. The van der Waals surface area contributed by atoms with Crippen LogP contribution in [0.2, 0.25) is 0 Å². The van der Waals surface area contributed by atoms with Crippen molar-refractivity contribution >= 4 is 32.6 Å². The summed E-state index contributed by atoms with van der Waals surface area (Å²) in [5.41, 5.74) is 6.33. The Bertz CT molecular complexity index is 1010. The Hall–Kier alpha value is -1.77. The summed E-state index contributed by atoms with van der Waals surface area (Å²) in [6.45, 7) is 2.82. The van der Waals surface area contributed by atoms with Crippen LogP contribution in [-0.4, -0.2) is 70.8 Å². The molecule has 1 aliphatic heterocycles. The van der Waals surface area contributed by atoms with Gasteiger partial charge in [0.05, 0.1) is 19.5 Å². The smallest absolute Gasteiger partial charge is 0.387 e. The average molecular weight is 467 g/mol. The van der Waals surface area contributed by atoms with Crippen molar-refractivity contribution < 1.29 is 47.2 Å². The number of hydrogen-bond acceptors (Lipinski definition) is 11. The van der Waals surface area contributed by atoms with Gasteiger partial charge in [-0.25, -0.2) is 24.1 Å². The lowest BCUT2D eigenvalue weighted by molar-refractivity contribution is -0.0641. The van der Waals surface area contributed by atoms with Crippen molar-refractivity contribution in [3.63, 3.8) is 0 Å². The Labute approximate surface area is 168 Å². The van der Waals surface area contributed by atoms with Gasteiger partial charge in [0.1, 0.15) is 30.2 Å². The highest BCUT2D eigenvalue weighted by molar-refractivity contribution is 7.60. The van der Waals surface area contributed by atoms with E-state index in [0.717, 1.165) is 0 Å². The van der Waals surface area contributed by atoms with Gasteiger partial charge < -0.3 is 35.0 Å². The third kappa shape index (κ3) is 5.10. The van der Waals surface area contributed by atoms with E-state index in [1.165, 1.54) is 23.3 Å². The molecule has 1 aliphatic rings. The fourth-order valence-corrected chi connectivity index (χ4v) is 4.42. The van der Waals surface area contributed by atoms with E-state index < -0.39 is 46.8 Å². The molecule has 0 spiro atoms. The number of nitrogens with zero attached hydrogens (tertiary/aromatic N) is 4. The molecule has 0 aromatic carbocycles. The van der Waals surface area contributed by atoms with E-state index in [9.17, 15) is 19.1 Å². The number of anilines is 1. The van der Waals surface area contributed by atoms with E-state index in [-0.39, 0.29) is 23.6 Å². The molecule has 17 heteroatoms. The van der Waals surface area contributed by atoms with Gasteiger partial charge >= 0.3 is 15.6 Å². The van der Waals surface area contributed by atoms with Gasteiger partial charge in [-0.15, -0.1) is 6.58 Å². The molecule has 166 valence electrons. The summed E-state index contributed by atoms with van der Waals surface area (Å²) in [5.74, 6) is 0.122. The third-order valence-electron chi connectivity index (χ3n) is 3.99. The predicted octanol–water partition coefficient (Wildman–Crippen LogP) is -0.536. The fraction of sp³-hybridized carbons (Fsp3) is 0.462. The number of phosphoric ester groups is 1. The number of nitrogen functional groups attached to an aromatic ring is 1. The van der Waals surface area contributed by atoms with Crippen LogP contribution in [0, 0.1) is 0 Å². The molecular weight excluding hydrogens is 448 g/mol. The second-order valence-corrected chi connectivity index (χ2v) is 8.89. The number of hydrogen-bond donors (Lipinski definition) is 5. The van der Waals surface area contributed by atoms with Gasteiger partial charge in [-0.05, 0) is 0 Å². The van der Waals surface area contributed by atoms with Gasteiger partial charge in [0.15, 0.2) is 17.7 Å². The van der Waals surface area contributed by atoms with Crippen LogP contribution in [0.5, 0.6) is 0 Å². The molecule has 0 radical (unpaired) electrons. The summed E-state index contributed by atoms with van der Waals surface area (Å²) in [6.07, 6.45) is -0.629. The number of phosphoric acid groups is 2. The van der Waals surface area contributed by atoms with Crippen LogP contribution in [0.4, 0.5) is 5.82 Å². The molecule has 1 unspecified atom stereocenters. The first-order valence-electron chi connectivity index (χ1n) is 8.25. The molecule has 0 aliphatic carbocycles. The zero-order valence-corrected chi connectivity index (χ0v) is 17.0. The maximum atomic E-state index is 11.7. The van der Waals surface area contributed by atoms with E-state index in [1.807, 2.05) is 0 Å². The number of aliphatic hydroxyl groups excluding tert-OH is 1. The molecule has 2 aromatic heterocycles. The topological polar surface area (TPSA) is 222 Å². The summed E-state index contributed by atoms with van der Waals surface area (Å²) in [5, 5.41) is 10.6. The van der Waals surface area contributed by atoms with E-state index in [0.29, 0.717) is 0 Å².